The van der Waals surface area contributed by atoms with Crippen LogP contribution in [0.1, 0.15) is 21.6 Å². The Kier molecular flexibility index (Phi) is 4.20. The Morgan fingerprint density at radius 3 is 2.65 bits per heavy atom. The summed E-state index contributed by atoms with van der Waals surface area (Å²) in [5, 5.41) is 11.9. The fourth-order valence-corrected chi connectivity index (χ4v) is 1.83. The van der Waals surface area contributed by atoms with Crippen LogP contribution in [-0.4, -0.2) is 22.5 Å². The van der Waals surface area contributed by atoms with E-state index in [4.69, 9.17) is 5.11 Å². The third-order valence-corrected chi connectivity index (χ3v) is 2.94. The van der Waals surface area contributed by atoms with Crippen molar-refractivity contribution < 1.29 is 9.90 Å². The number of amides is 1. The molecule has 0 saturated heterocycles. The second-order valence-electron chi connectivity index (χ2n) is 4.57. The molecule has 5 nitrogen and oxygen atoms in total. The van der Waals surface area contributed by atoms with Crippen molar-refractivity contribution >= 4 is 5.91 Å². The molecule has 1 aromatic heterocycles. The second-order valence-corrected chi connectivity index (χ2v) is 4.57. The van der Waals surface area contributed by atoms with Gasteiger partial charge in [-0.3, -0.25) is 9.59 Å². The molecular weight excluding hydrogens is 256 g/mol. The van der Waals surface area contributed by atoms with Gasteiger partial charge in [0.1, 0.15) is 11.3 Å². The van der Waals surface area contributed by atoms with Gasteiger partial charge in [-0.15, -0.1) is 0 Å². The molecule has 1 aromatic carbocycles. The zero-order chi connectivity index (χ0) is 14.5. The van der Waals surface area contributed by atoms with E-state index in [1.807, 2.05) is 0 Å². The predicted octanol–water partition coefficient (Wildman–Crippen LogP) is 1.36. The summed E-state index contributed by atoms with van der Waals surface area (Å²) in [6.45, 7) is 2.19. The molecule has 1 heterocycles. The number of hydrogen-bond acceptors (Lipinski definition) is 3. The third-order valence-electron chi connectivity index (χ3n) is 2.94. The highest BCUT2D eigenvalue weighted by Crippen LogP contribution is 2.09. The van der Waals surface area contributed by atoms with Crippen LogP contribution in [0.15, 0.2) is 41.3 Å². The molecule has 2 rings (SSSR count). The summed E-state index contributed by atoms with van der Waals surface area (Å²) in [6, 6.07) is 8.18. The Hall–Kier alpha value is -2.56. The van der Waals surface area contributed by atoms with E-state index in [2.05, 4.69) is 10.3 Å². The van der Waals surface area contributed by atoms with Gasteiger partial charge in [-0.05, 0) is 31.0 Å². The Balaban J connectivity index is 1.92. The maximum Gasteiger partial charge on any atom is 0.256 e. The van der Waals surface area contributed by atoms with Crippen molar-refractivity contribution in [3.05, 3.63) is 63.6 Å². The smallest absolute Gasteiger partial charge is 0.256 e. The van der Waals surface area contributed by atoms with Gasteiger partial charge in [-0.2, -0.15) is 0 Å². The summed E-state index contributed by atoms with van der Waals surface area (Å²) in [6.07, 6.45) is 2.06. The monoisotopic (exact) mass is 272 g/mol. The van der Waals surface area contributed by atoms with Crippen molar-refractivity contribution in [1.82, 2.24) is 10.3 Å². The van der Waals surface area contributed by atoms with Crippen LogP contribution in [0.4, 0.5) is 0 Å². The highest BCUT2D eigenvalue weighted by molar-refractivity contribution is 5.93. The fraction of sp³-hybridized carbons (Fsp3) is 0.200. The number of carbonyl (C=O) groups is 1. The molecular formula is C15H16N2O3. The summed E-state index contributed by atoms with van der Waals surface area (Å²) < 4.78 is 0. The number of rotatable bonds is 4. The van der Waals surface area contributed by atoms with E-state index >= 15 is 0 Å². The number of H-pyrrole nitrogens is 1. The van der Waals surface area contributed by atoms with Gasteiger partial charge in [0.2, 0.25) is 0 Å². The average Bonchev–Trinajstić information content (AvgIpc) is 2.41. The van der Waals surface area contributed by atoms with Crippen LogP contribution in [-0.2, 0) is 6.42 Å². The SMILES string of the molecule is Cc1cc(=O)c(C(=O)NCCc2ccc(O)cc2)c[nH]1. The lowest BCUT2D eigenvalue weighted by atomic mass is 10.1. The van der Waals surface area contributed by atoms with Gasteiger partial charge in [0.05, 0.1) is 0 Å². The molecule has 0 aliphatic carbocycles. The summed E-state index contributed by atoms with van der Waals surface area (Å²) in [5.74, 6) is -0.172. The number of nitrogens with one attached hydrogen (secondary N) is 2. The number of aromatic hydroxyl groups is 1. The van der Waals surface area contributed by atoms with Gasteiger partial charge in [-0.25, -0.2) is 0 Å². The van der Waals surface area contributed by atoms with E-state index in [1.54, 1.807) is 31.2 Å². The average molecular weight is 272 g/mol. The van der Waals surface area contributed by atoms with Crippen LogP contribution < -0.4 is 10.7 Å². The lowest BCUT2D eigenvalue weighted by Gasteiger charge is -2.05. The number of aromatic nitrogens is 1. The molecule has 104 valence electrons. The topological polar surface area (TPSA) is 82.2 Å². The maximum absolute atomic E-state index is 11.9. The molecule has 0 unspecified atom stereocenters. The van der Waals surface area contributed by atoms with Crippen LogP contribution in [0.5, 0.6) is 5.75 Å². The van der Waals surface area contributed by atoms with Crippen molar-refractivity contribution in [3.8, 4) is 5.75 Å². The number of phenolic OH excluding ortho intramolecular Hbond substituents is 1. The summed E-state index contributed by atoms with van der Waals surface area (Å²) in [7, 11) is 0. The minimum absolute atomic E-state index is 0.112. The molecule has 1 amide bonds. The molecule has 0 spiro atoms. The van der Waals surface area contributed by atoms with E-state index in [0.29, 0.717) is 13.0 Å². The van der Waals surface area contributed by atoms with Crippen molar-refractivity contribution in [2.75, 3.05) is 6.54 Å². The van der Waals surface area contributed by atoms with E-state index in [1.165, 1.54) is 12.3 Å². The molecule has 0 bridgehead atoms. The maximum atomic E-state index is 11.9. The Morgan fingerprint density at radius 2 is 2.00 bits per heavy atom. The summed E-state index contributed by atoms with van der Waals surface area (Å²) in [5.41, 5.74) is 1.54. The zero-order valence-electron chi connectivity index (χ0n) is 11.1. The van der Waals surface area contributed by atoms with Crippen LogP contribution in [0.3, 0.4) is 0 Å². The first-order chi connectivity index (χ1) is 9.56. The minimum Gasteiger partial charge on any atom is -0.508 e. The highest BCUT2D eigenvalue weighted by atomic mass is 16.3. The van der Waals surface area contributed by atoms with Crippen LogP contribution in [0.2, 0.25) is 0 Å². The van der Waals surface area contributed by atoms with Gasteiger partial charge in [0.15, 0.2) is 5.43 Å². The number of carbonyl (C=O) groups excluding carboxylic acids is 1. The first kappa shape index (κ1) is 13.9. The molecule has 2 aromatic rings. The Bertz CT molecular complexity index is 660. The van der Waals surface area contributed by atoms with E-state index in [9.17, 15) is 9.59 Å². The van der Waals surface area contributed by atoms with Gasteiger partial charge >= 0.3 is 0 Å². The molecule has 5 heteroatoms. The summed E-state index contributed by atoms with van der Waals surface area (Å²) in [4.78, 5) is 26.3. The van der Waals surface area contributed by atoms with Gasteiger partial charge in [-0.1, -0.05) is 12.1 Å². The van der Waals surface area contributed by atoms with E-state index in [-0.39, 0.29) is 22.6 Å². The summed E-state index contributed by atoms with van der Waals surface area (Å²) >= 11 is 0. The highest BCUT2D eigenvalue weighted by Gasteiger charge is 2.09. The fourth-order valence-electron chi connectivity index (χ4n) is 1.83. The molecule has 20 heavy (non-hydrogen) atoms. The number of benzene rings is 1. The third kappa shape index (κ3) is 3.47. The quantitative estimate of drug-likeness (QED) is 0.786. The lowest BCUT2D eigenvalue weighted by Crippen LogP contribution is -2.30. The number of aromatic amines is 1. The number of aryl methyl sites for hydroxylation is 1. The van der Waals surface area contributed by atoms with Crippen LogP contribution in [0, 0.1) is 6.92 Å². The number of pyridine rings is 1. The van der Waals surface area contributed by atoms with Crippen molar-refractivity contribution in [3.63, 3.8) is 0 Å². The minimum atomic E-state index is -0.384. The first-order valence-electron chi connectivity index (χ1n) is 6.32. The second kappa shape index (κ2) is 6.06. The predicted molar refractivity (Wildman–Crippen MR) is 75.9 cm³/mol. The van der Waals surface area contributed by atoms with Crippen molar-refractivity contribution in [2.24, 2.45) is 0 Å². The first-order valence-corrected chi connectivity index (χ1v) is 6.32. The standard InChI is InChI=1S/C15H16N2O3/c1-10-8-14(19)13(9-17-10)15(20)16-7-6-11-2-4-12(18)5-3-11/h2-5,8-9,18H,6-7H2,1H3,(H,16,20)(H,17,19). The Labute approximate surface area is 116 Å². The molecule has 0 radical (unpaired) electrons. The Morgan fingerprint density at radius 1 is 1.30 bits per heavy atom. The van der Waals surface area contributed by atoms with Crippen molar-refractivity contribution in [2.45, 2.75) is 13.3 Å². The number of hydrogen-bond donors (Lipinski definition) is 3. The van der Waals surface area contributed by atoms with E-state index in [0.717, 1.165) is 11.3 Å². The zero-order valence-corrected chi connectivity index (χ0v) is 11.1. The van der Waals surface area contributed by atoms with Gasteiger partial charge in [0, 0.05) is 24.5 Å². The number of phenols is 1. The molecule has 3 N–H and O–H groups in total. The largest absolute Gasteiger partial charge is 0.508 e. The lowest BCUT2D eigenvalue weighted by molar-refractivity contribution is 0.0952. The van der Waals surface area contributed by atoms with Crippen LogP contribution >= 0.6 is 0 Å². The molecule has 0 saturated carbocycles. The molecule has 0 aliphatic rings. The molecule has 0 aliphatic heterocycles. The normalized spacial score (nSPS) is 10.2. The van der Waals surface area contributed by atoms with Gasteiger partial charge < -0.3 is 15.4 Å². The molecule has 0 fully saturated rings. The molecule has 0 atom stereocenters. The van der Waals surface area contributed by atoms with Crippen molar-refractivity contribution in [1.29, 1.82) is 0 Å². The van der Waals surface area contributed by atoms with E-state index < -0.39 is 0 Å². The van der Waals surface area contributed by atoms with Crippen LogP contribution in [0.25, 0.3) is 0 Å². The van der Waals surface area contributed by atoms with Gasteiger partial charge in [0.25, 0.3) is 5.91 Å².